The Balaban J connectivity index is 0.000000161. The molecule has 4 fully saturated rings. The number of nitrogens with zero attached hydrogens (tertiary/aromatic N) is 11. The highest BCUT2D eigenvalue weighted by atomic mass is 32.2. The highest BCUT2D eigenvalue weighted by Gasteiger charge is 2.45. The lowest BCUT2D eigenvalue weighted by molar-refractivity contribution is -0.137. The summed E-state index contributed by atoms with van der Waals surface area (Å²) >= 11 is 0. The van der Waals surface area contributed by atoms with E-state index in [4.69, 9.17) is 24.7 Å². The van der Waals surface area contributed by atoms with Gasteiger partial charge in [-0.2, -0.15) is 40.0 Å². The number of nitrogen functional groups attached to an aromatic ring is 1. The average molecular weight is 2060 g/mol. The van der Waals surface area contributed by atoms with Gasteiger partial charge in [-0.25, -0.2) is 60.1 Å². The largest absolute Gasteiger partial charge is 0.507 e. The van der Waals surface area contributed by atoms with E-state index in [1.54, 1.807) is 60.9 Å². The molecule has 35 nitrogen and oxygen atoms in total. The molecule has 12 heterocycles. The molecule has 0 aliphatic carbocycles. The molecule has 4 aliphatic rings. The highest BCUT2D eigenvalue weighted by molar-refractivity contribution is 7.91. The smallest absolute Gasteiger partial charge is 0.416 e. The van der Waals surface area contributed by atoms with Crippen molar-refractivity contribution in [3.63, 3.8) is 0 Å². The fraction of sp³-hybridized carbons (Fsp3) is 0.327. The number of H-pyrrole nitrogens is 1. The number of hydrogen-bond acceptors (Lipinski definition) is 30. The number of carbonyl (C=O) groups is 4. The molecule has 0 radical (unpaired) electrons. The zero-order valence-corrected chi connectivity index (χ0v) is 84.8. The third-order valence-electron chi connectivity index (χ3n) is 24.3. The average Bonchev–Trinajstić information content (AvgIpc) is 1.63. The van der Waals surface area contributed by atoms with Crippen molar-refractivity contribution < 1.29 is 94.5 Å². The second-order valence-corrected chi connectivity index (χ2v) is 44.7. The Bertz CT molecular complexity index is 7370. The van der Waals surface area contributed by atoms with Crippen LogP contribution in [-0.4, -0.2) is 165 Å². The van der Waals surface area contributed by atoms with Gasteiger partial charge in [0.05, 0.1) is 64.0 Å². The van der Waals surface area contributed by atoms with Gasteiger partial charge in [0.1, 0.15) is 58.7 Å². The summed E-state index contributed by atoms with van der Waals surface area (Å²) in [5.41, 5.74) is 6.06. The molecular weight excluding hydrogens is 1940 g/mol. The zero-order valence-electron chi connectivity index (χ0n) is 81.5. The minimum atomic E-state index is -4.47. The number of aromatic amines is 1. The van der Waals surface area contributed by atoms with Crippen LogP contribution in [0.15, 0.2) is 243 Å². The van der Waals surface area contributed by atoms with E-state index in [1.807, 2.05) is 72.2 Å². The number of nitrogens with one attached hydrogen (secondary N) is 5. The van der Waals surface area contributed by atoms with Crippen LogP contribution in [0.4, 0.5) is 46.5 Å². The number of alkyl halides is 3. The summed E-state index contributed by atoms with van der Waals surface area (Å²) in [5.74, 6) is 0.0178. The molecule has 43 heteroatoms. The third kappa shape index (κ3) is 25.5. The summed E-state index contributed by atoms with van der Waals surface area (Å²) in [4.78, 5) is 105. The van der Waals surface area contributed by atoms with E-state index in [9.17, 15) is 80.3 Å². The zero-order chi connectivity index (χ0) is 105. The molecule has 2 unspecified atom stereocenters. The topological polar surface area (TPSA) is 472 Å². The fourth-order valence-corrected chi connectivity index (χ4v) is 22.1. The van der Waals surface area contributed by atoms with Gasteiger partial charge in [0.2, 0.25) is 11.8 Å². The van der Waals surface area contributed by atoms with Crippen molar-refractivity contribution in [1.29, 1.82) is 0 Å². The first-order chi connectivity index (χ1) is 67.6. The Hall–Kier alpha value is -14.7. The van der Waals surface area contributed by atoms with Crippen molar-refractivity contribution in [2.45, 2.75) is 170 Å². The summed E-state index contributed by atoms with van der Waals surface area (Å²) in [5, 5.41) is 9.58. The molecule has 144 heavy (non-hydrogen) atoms. The fourth-order valence-electron chi connectivity index (χ4n) is 18.2. The van der Waals surface area contributed by atoms with E-state index in [0.29, 0.717) is 77.3 Å². The van der Waals surface area contributed by atoms with Gasteiger partial charge in [-0.1, -0.05) is 64.1 Å². The molecule has 760 valence electrons. The number of amides is 4. The van der Waals surface area contributed by atoms with Gasteiger partial charge in [-0.3, -0.25) is 29.0 Å². The Morgan fingerprint density at radius 2 is 0.910 bits per heavy atom. The van der Waals surface area contributed by atoms with Crippen LogP contribution in [0.25, 0.3) is 22.5 Å². The SMILES string of the molecule is COc1cc(OC)cc(Oc2cccc(S(=O)(=O)NC(=O)c3cccnc3N3CC(C)CC3(C)C)n2)c1.C[C@@H]1CN(c2nc(-c3cc(F)ccc3O)ccc2C(=O)NS(=O)(=O)c2ccc[nH]c2=O)C(C)(C)C1.C[C@@H]1CN(c2nc(-c3ccc(C(F)(F)F)cc3)ccc2C(=O)NS(=O)(=O)c2cccc(N)c2)C(C)(C)C1.Cc1cccc(COc2cccc(S(=O)(=O)NC(=O)c3cccnc3N3CC(C)CC3(C)C)n2)n1. The van der Waals surface area contributed by atoms with E-state index < -0.39 is 103 Å². The van der Waals surface area contributed by atoms with Gasteiger partial charge in [-0.15, -0.1) is 0 Å². The lowest BCUT2D eigenvalue weighted by Crippen LogP contribution is -2.41. The number of nitrogens with two attached hydrogens (primary N) is 1. The molecule has 0 saturated carbocycles. The van der Waals surface area contributed by atoms with Crippen LogP contribution in [0.3, 0.4) is 0 Å². The lowest BCUT2D eigenvalue weighted by atomic mass is 9.97. The number of phenolic OH excluding ortho intramolecular Hbond substituents is 1. The number of anilines is 5. The molecule has 16 rings (SSSR count). The van der Waals surface area contributed by atoms with Crippen LogP contribution in [0.5, 0.6) is 34.8 Å². The molecule has 8 aromatic heterocycles. The number of rotatable bonds is 25. The van der Waals surface area contributed by atoms with Crippen molar-refractivity contribution >= 4 is 92.7 Å². The van der Waals surface area contributed by atoms with E-state index in [0.717, 1.165) is 68.3 Å². The van der Waals surface area contributed by atoms with Crippen LogP contribution in [0, 0.1) is 36.4 Å². The first kappa shape index (κ1) is 107. The maximum atomic E-state index is 13.9. The van der Waals surface area contributed by atoms with Crippen molar-refractivity contribution in [2.24, 2.45) is 23.7 Å². The number of hydrogen-bond donors (Lipinski definition) is 7. The van der Waals surface area contributed by atoms with E-state index >= 15 is 0 Å². The minimum absolute atomic E-state index is 0.0144. The maximum Gasteiger partial charge on any atom is 0.416 e. The number of methoxy groups -OCH3 is 2. The number of benzene rings is 4. The van der Waals surface area contributed by atoms with Gasteiger partial charge in [-0.05, 0) is 245 Å². The molecule has 4 saturated heterocycles. The third-order valence-corrected chi connectivity index (χ3v) is 29.5. The van der Waals surface area contributed by atoms with Crippen LogP contribution in [0.1, 0.15) is 167 Å². The molecule has 8 N–H and O–H groups in total. The van der Waals surface area contributed by atoms with Gasteiger partial charge in [0, 0.05) is 120 Å². The molecule has 4 aromatic carbocycles. The molecular formula is C101H111F4N17O18S4. The molecule has 12 aromatic rings. The number of sulfonamides is 4. The van der Waals surface area contributed by atoms with Crippen molar-refractivity contribution in [2.75, 3.05) is 65.7 Å². The molecule has 4 aliphatic heterocycles. The summed E-state index contributed by atoms with van der Waals surface area (Å²) in [7, 11) is -14.3. The number of aromatic hydroxyl groups is 1. The highest BCUT2D eigenvalue weighted by Crippen LogP contribution is 2.45. The summed E-state index contributed by atoms with van der Waals surface area (Å²) in [6.07, 6.45) is 3.48. The van der Waals surface area contributed by atoms with Crippen LogP contribution in [0.2, 0.25) is 0 Å². The van der Waals surface area contributed by atoms with Crippen LogP contribution in [-0.2, 0) is 52.9 Å². The van der Waals surface area contributed by atoms with E-state index in [1.165, 1.54) is 124 Å². The molecule has 0 spiro atoms. The van der Waals surface area contributed by atoms with Gasteiger partial charge >= 0.3 is 6.18 Å². The van der Waals surface area contributed by atoms with Crippen molar-refractivity contribution in [3.8, 4) is 57.3 Å². The quantitative estimate of drug-likeness (QED) is 0.0206. The lowest BCUT2D eigenvalue weighted by Gasteiger charge is -2.34. The predicted octanol–water partition coefficient (Wildman–Crippen LogP) is 15.7. The number of pyridine rings is 8. The number of halogens is 4. The van der Waals surface area contributed by atoms with Gasteiger partial charge in [0.25, 0.3) is 69.3 Å². The van der Waals surface area contributed by atoms with E-state index in [2.05, 4.69) is 114 Å². The van der Waals surface area contributed by atoms with Crippen LogP contribution >= 0.6 is 0 Å². The van der Waals surface area contributed by atoms with Crippen LogP contribution < -0.4 is 68.7 Å². The normalized spacial score (nSPS) is 17.2. The summed E-state index contributed by atoms with van der Waals surface area (Å²) < 4.78 is 187. The maximum absolute atomic E-state index is 13.9. The number of aryl methyl sites for hydroxylation is 1. The molecule has 0 bridgehead atoms. The number of carbonyl (C=O) groups excluding carboxylic acids is 4. The molecule has 4 atom stereocenters. The Labute approximate surface area is 832 Å². The van der Waals surface area contributed by atoms with Gasteiger partial charge < -0.3 is 54.4 Å². The number of phenols is 1. The standard InChI is InChI=1S/C26H27F3N4O3S.C26H30N4O6S.C25H29N5O4S.C24H25FN4O5S/c1-16-14-25(2,3)33(15-16)23-21(24(34)32-37(35,36)20-6-4-5-19(30)13-20)11-12-22(31-23)17-7-9-18(10-8-17)26(27,28)29;1-17-15-26(2,3)30(16-17)24-21(8-7-11-27-24)25(31)29-37(32,33)23-10-6-9-22(28-23)36-20-13-18(34-4)12-19(14-20)35-5;1-17-14-25(3,4)30(15-17)23-20(10-7-13-26-23)24(31)29-35(32,33)22-12-6-11-21(28-22)34-16-19-9-5-8-18(2)27-19;1-14-12-24(2,3)29(13-14)21-16(7-8-18(27-21)17-11-15(25)6-9-19(17)30)22(31)28-35(33,34)20-5-4-10-26-23(20)32/h4-13,16H,14-15,30H2,1-3H3,(H,32,34);6-14,17H,15-16H2,1-5H3,(H,29,31);5-13,17H,14-16H2,1-4H3,(H,29,31);4-11,14,30H,12-13H2,1-3H3,(H,26,32)(H,28,31)/t16-;;;14-/m0..0/s1. The van der Waals surface area contributed by atoms with Gasteiger partial charge in [0.15, 0.2) is 14.9 Å². The minimum Gasteiger partial charge on any atom is -0.507 e. The Morgan fingerprint density at radius 1 is 0.472 bits per heavy atom. The first-order valence-electron chi connectivity index (χ1n) is 45.5. The van der Waals surface area contributed by atoms with Crippen molar-refractivity contribution in [1.82, 2.24) is 58.8 Å². The second-order valence-electron chi connectivity index (χ2n) is 38.1. The monoisotopic (exact) mass is 2050 g/mol. The first-order valence-corrected chi connectivity index (χ1v) is 51.5. The van der Waals surface area contributed by atoms with E-state index in [-0.39, 0.29) is 113 Å². The predicted molar refractivity (Wildman–Crippen MR) is 533 cm³/mol. The molecule has 4 amide bonds. The Morgan fingerprint density at radius 3 is 1.38 bits per heavy atom. The second kappa shape index (κ2) is 42.8. The Kier molecular flexibility index (Phi) is 31.7. The number of ether oxygens (including phenoxy) is 4. The summed E-state index contributed by atoms with van der Waals surface area (Å²) in [6.45, 7) is 29.2. The summed E-state index contributed by atoms with van der Waals surface area (Å²) in [6, 6.07) is 47.1. The number of aromatic nitrogens is 8. The van der Waals surface area contributed by atoms with Crippen molar-refractivity contribution in [3.05, 3.63) is 274 Å².